The fraction of sp³-hybridized carbons (Fsp3) is 0.516. The summed E-state index contributed by atoms with van der Waals surface area (Å²) >= 11 is 1.62. The first kappa shape index (κ1) is 30.9. The van der Waals surface area contributed by atoms with Crippen molar-refractivity contribution in [2.45, 2.75) is 52.1 Å². The summed E-state index contributed by atoms with van der Waals surface area (Å²) in [7, 11) is 1.96. The first-order valence-corrected chi connectivity index (χ1v) is 15.4. The Morgan fingerprint density at radius 2 is 1.59 bits per heavy atom. The van der Waals surface area contributed by atoms with E-state index in [-0.39, 0.29) is 23.8 Å². The van der Waals surface area contributed by atoms with Gasteiger partial charge in [0.2, 0.25) is 5.91 Å². The molecule has 9 nitrogen and oxygen atoms in total. The van der Waals surface area contributed by atoms with Crippen LogP contribution < -0.4 is 25.6 Å². The molecule has 2 aromatic carbocycles. The van der Waals surface area contributed by atoms with Gasteiger partial charge in [-0.2, -0.15) is 0 Å². The number of carbonyl (C=O) groups excluding carboxylic acids is 3. The Morgan fingerprint density at radius 1 is 0.927 bits per heavy atom. The van der Waals surface area contributed by atoms with Gasteiger partial charge in [0.15, 0.2) is 0 Å². The first-order chi connectivity index (χ1) is 19.8. The Labute approximate surface area is 248 Å². The number of hydrogen-bond donors (Lipinski definition) is 4. The normalized spacial score (nSPS) is 16.6. The van der Waals surface area contributed by atoms with Gasteiger partial charge in [-0.1, -0.05) is 37.3 Å². The predicted molar refractivity (Wildman–Crippen MR) is 166 cm³/mol. The second-order valence-electron chi connectivity index (χ2n) is 11.2. The van der Waals surface area contributed by atoms with E-state index in [1.54, 1.807) is 18.2 Å². The van der Waals surface area contributed by atoms with E-state index in [9.17, 15) is 14.4 Å². The number of hydrogen-bond acceptors (Lipinski definition) is 7. The van der Waals surface area contributed by atoms with Crippen molar-refractivity contribution in [1.82, 2.24) is 25.6 Å². The van der Waals surface area contributed by atoms with Crippen molar-refractivity contribution in [2.24, 2.45) is 11.8 Å². The number of nitrogens with one attached hydrogen (secondary N) is 4. The zero-order chi connectivity index (χ0) is 29.2. The maximum atomic E-state index is 13.2. The van der Waals surface area contributed by atoms with Gasteiger partial charge in [-0.15, -0.1) is 0 Å². The summed E-state index contributed by atoms with van der Waals surface area (Å²) in [6, 6.07) is 14.7. The Bertz CT molecular complexity index is 1170. The molecule has 4 rings (SSSR count). The summed E-state index contributed by atoms with van der Waals surface area (Å²) in [5, 5.41) is 12.0. The van der Waals surface area contributed by atoms with Gasteiger partial charge in [0.25, 0.3) is 11.8 Å². The maximum absolute atomic E-state index is 13.2. The minimum atomic E-state index is -0.336. The predicted octanol–water partition coefficient (Wildman–Crippen LogP) is 3.58. The number of carbonyl (C=O) groups is 3. The summed E-state index contributed by atoms with van der Waals surface area (Å²) in [5.74, 6) is 0.849. The third-order valence-electron chi connectivity index (χ3n) is 7.60. The molecule has 0 bridgehead atoms. The van der Waals surface area contributed by atoms with Crippen molar-refractivity contribution in [3.63, 3.8) is 0 Å². The van der Waals surface area contributed by atoms with Crippen molar-refractivity contribution in [2.75, 3.05) is 44.1 Å². The zero-order valence-corrected chi connectivity index (χ0v) is 25.3. The molecule has 3 amide bonds. The highest BCUT2D eigenvalue weighted by Gasteiger charge is 2.23. The average molecular weight is 581 g/mol. The fourth-order valence-electron chi connectivity index (χ4n) is 4.60. The highest BCUT2D eigenvalue weighted by atomic mass is 32.2. The van der Waals surface area contributed by atoms with Gasteiger partial charge < -0.3 is 25.6 Å². The van der Waals surface area contributed by atoms with Crippen LogP contribution in [0.25, 0.3) is 0 Å². The van der Waals surface area contributed by atoms with Gasteiger partial charge in [0.1, 0.15) is 0 Å². The van der Waals surface area contributed by atoms with Crippen LogP contribution >= 0.6 is 12.1 Å². The molecule has 41 heavy (non-hydrogen) atoms. The number of amides is 3. The van der Waals surface area contributed by atoms with Crippen LogP contribution in [0, 0.1) is 11.8 Å². The Balaban J connectivity index is 1.37. The molecule has 1 aliphatic carbocycles. The van der Waals surface area contributed by atoms with Gasteiger partial charge in [-0.05, 0) is 68.2 Å². The minimum Gasteiger partial charge on any atom is -0.354 e. The monoisotopic (exact) mass is 580 g/mol. The van der Waals surface area contributed by atoms with Crippen LogP contribution in [0.15, 0.2) is 48.5 Å². The number of piperidine rings is 1. The molecular formula is C31H44N6O3S. The third-order valence-corrected chi connectivity index (χ3v) is 8.65. The molecule has 2 aliphatic rings. The summed E-state index contributed by atoms with van der Waals surface area (Å²) in [6.45, 7) is 8.07. The van der Waals surface area contributed by atoms with Gasteiger partial charge in [-0.3, -0.25) is 14.4 Å². The first-order valence-electron chi connectivity index (χ1n) is 14.7. The van der Waals surface area contributed by atoms with Crippen LogP contribution in [0.1, 0.15) is 65.8 Å². The molecule has 0 unspecified atom stereocenters. The molecule has 2 fully saturated rings. The van der Waals surface area contributed by atoms with E-state index in [0.717, 1.165) is 49.6 Å². The van der Waals surface area contributed by atoms with Crippen LogP contribution in [-0.2, 0) is 11.3 Å². The van der Waals surface area contributed by atoms with E-state index in [1.807, 2.05) is 60.7 Å². The molecule has 222 valence electrons. The molecule has 0 radical (unpaired) electrons. The standard InChI is InChI=1S/C31H44N6O3S/c1-22-11-15-37(16-12-22)41-36(3)28-18-26(17-27(19-28)31(40)35-20-24-7-5-4-6-8-24)30(39)33-14-13-32-23(2)29(38)34-21-25-9-10-25/h4-8,17-19,22-23,25,32H,9-16,20-21H2,1-3H3,(H,33,39)(H,34,38)(H,35,40)/t23-/m0/s1. The second kappa shape index (κ2) is 15.2. The van der Waals surface area contributed by atoms with Crippen LogP contribution in [0.4, 0.5) is 5.69 Å². The molecule has 1 heterocycles. The lowest BCUT2D eigenvalue weighted by Gasteiger charge is -2.32. The number of nitrogens with zero attached hydrogens (tertiary/aromatic N) is 2. The lowest BCUT2D eigenvalue weighted by Crippen LogP contribution is -2.45. The van der Waals surface area contributed by atoms with Crippen LogP contribution in [0.2, 0.25) is 0 Å². The molecule has 10 heteroatoms. The minimum absolute atomic E-state index is 0.0224. The van der Waals surface area contributed by atoms with E-state index in [1.165, 1.54) is 12.8 Å². The molecule has 1 saturated heterocycles. The molecule has 1 atom stereocenters. The van der Waals surface area contributed by atoms with Gasteiger partial charge in [0.05, 0.1) is 6.04 Å². The molecular weight excluding hydrogens is 536 g/mol. The zero-order valence-electron chi connectivity index (χ0n) is 24.4. The summed E-state index contributed by atoms with van der Waals surface area (Å²) in [5.41, 5.74) is 2.64. The van der Waals surface area contributed by atoms with E-state index in [0.29, 0.717) is 36.7 Å². The van der Waals surface area contributed by atoms with Crippen molar-refractivity contribution in [1.29, 1.82) is 0 Å². The van der Waals surface area contributed by atoms with Crippen LogP contribution in [0.3, 0.4) is 0 Å². The van der Waals surface area contributed by atoms with Gasteiger partial charge in [-0.25, -0.2) is 4.31 Å². The van der Waals surface area contributed by atoms with E-state index < -0.39 is 0 Å². The largest absolute Gasteiger partial charge is 0.354 e. The molecule has 1 aliphatic heterocycles. The van der Waals surface area contributed by atoms with Crippen molar-refractivity contribution < 1.29 is 14.4 Å². The van der Waals surface area contributed by atoms with Crippen LogP contribution in [-0.4, -0.2) is 67.8 Å². The maximum Gasteiger partial charge on any atom is 0.251 e. The van der Waals surface area contributed by atoms with E-state index in [2.05, 4.69) is 32.5 Å². The SMILES string of the molecule is CC1CCN(SN(C)c2cc(C(=O)NCCN[C@@H](C)C(=O)NCC3CC3)cc(C(=O)NCc3ccccc3)c2)CC1. The highest BCUT2D eigenvalue weighted by molar-refractivity contribution is 7.98. The average Bonchev–Trinajstić information content (AvgIpc) is 3.82. The Hall–Kier alpha value is -3.08. The molecule has 4 N–H and O–H groups in total. The second-order valence-corrected chi connectivity index (χ2v) is 12.5. The van der Waals surface area contributed by atoms with Crippen molar-refractivity contribution in [3.8, 4) is 0 Å². The highest BCUT2D eigenvalue weighted by Crippen LogP contribution is 2.29. The Kier molecular flexibility index (Phi) is 11.5. The number of rotatable bonds is 14. The van der Waals surface area contributed by atoms with Crippen LogP contribution in [0.5, 0.6) is 0 Å². The van der Waals surface area contributed by atoms with E-state index in [4.69, 9.17) is 0 Å². The molecule has 1 saturated carbocycles. The van der Waals surface area contributed by atoms with Crippen molar-refractivity contribution >= 4 is 35.5 Å². The lowest BCUT2D eigenvalue weighted by atomic mass is 10.0. The Morgan fingerprint density at radius 3 is 2.24 bits per heavy atom. The van der Waals surface area contributed by atoms with Gasteiger partial charge in [0, 0.05) is 75.3 Å². The topological polar surface area (TPSA) is 106 Å². The smallest absolute Gasteiger partial charge is 0.251 e. The summed E-state index contributed by atoms with van der Waals surface area (Å²) in [6.07, 6.45) is 4.70. The quantitative estimate of drug-likeness (QED) is 0.200. The van der Waals surface area contributed by atoms with Crippen molar-refractivity contribution in [3.05, 3.63) is 65.2 Å². The molecule has 0 aromatic heterocycles. The lowest BCUT2D eigenvalue weighted by molar-refractivity contribution is -0.122. The molecule has 2 aromatic rings. The number of anilines is 1. The summed E-state index contributed by atoms with van der Waals surface area (Å²) in [4.78, 5) is 38.6. The molecule has 0 spiro atoms. The van der Waals surface area contributed by atoms with Gasteiger partial charge >= 0.3 is 0 Å². The van der Waals surface area contributed by atoms with E-state index >= 15 is 0 Å². The summed E-state index contributed by atoms with van der Waals surface area (Å²) < 4.78 is 4.35. The third kappa shape index (κ3) is 10.1. The number of benzene rings is 2. The fourth-order valence-corrected chi connectivity index (χ4v) is 5.52.